The molecule has 8 heteroatoms. The first-order valence-electron chi connectivity index (χ1n) is 5.99. The van der Waals surface area contributed by atoms with Gasteiger partial charge in [-0.3, -0.25) is 19.8 Å². The van der Waals surface area contributed by atoms with Crippen molar-refractivity contribution in [1.82, 2.24) is 10.2 Å². The van der Waals surface area contributed by atoms with E-state index in [2.05, 4.69) is 10.6 Å². The molecule has 0 aliphatic carbocycles. The first kappa shape index (κ1) is 18.9. The normalized spacial score (nSPS) is 11.2. The largest absolute Gasteiger partial charge is 0.480 e. The average Bonchev–Trinajstić information content (AvgIpc) is 2.38. The number of benzene rings is 1. The molecule has 1 unspecified atom stereocenters. The molecule has 0 saturated heterocycles. The van der Waals surface area contributed by atoms with E-state index in [1.807, 2.05) is 0 Å². The third-order valence-corrected chi connectivity index (χ3v) is 2.70. The van der Waals surface area contributed by atoms with E-state index in [9.17, 15) is 14.4 Å². The molecule has 0 heterocycles. The Balaban J connectivity index is 0.00000400. The quantitative estimate of drug-likeness (QED) is 0.757. The van der Waals surface area contributed by atoms with Gasteiger partial charge in [0.1, 0.15) is 6.04 Å². The van der Waals surface area contributed by atoms with E-state index in [4.69, 9.17) is 5.11 Å². The lowest BCUT2D eigenvalue weighted by atomic mass is 10.3. The summed E-state index contributed by atoms with van der Waals surface area (Å²) < 4.78 is 0. The standard InChI is InChI=1S/C13H17N3O4.ClH/c1-9(12(18)19)16(2)8-11(17)15-13(20)14-10-6-4-3-5-7-10;/h3-7,9H,8H2,1-2H3,(H,18,19)(H2,14,15,17,20);1H. The van der Waals surface area contributed by atoms with Crippen molar-refractivity contribution in [2.75, 3.05) is 18.9 Å². The number of carboxylic acids is 1. The second-order valence-corrected chi connectivity index (χ2v) is 4.30. The van der Waals surface area contributed by atoms with E-state index < -0.39 is 23.9 Å². The zero-order chi connectivity index (χ0) is 15.1. The number of rotatable bonds is 5. The van der Waals surface area contributed by atoms with Gasteiger partial charge in [-0.05, 0) is 26.1 Å². The van der Waals surface area contributed by atoms with Crippen LogP contribution in [0.5, 0.6) is 0 Å². The lowest BCUT2D eigenvalue weighted by molar-refractivity contribution is -0.142. The average molecular weight is 316 g/mol. The number of urea groups is 1. The van der Waals surface area contributed by atoms with Crippen LogP contribution in [-0.2, 0) is 9.59 Å². The highest BCUT2D eigenvalue weighted by Gasteiger charge is 2.19. The number of likely N-dealkylation sites (N-methyl/N-ethyl adjacent to an activating group) is 1. The van der Waals surface area contributed by atoms with Crippen molar-refractivity contribution >= 4 is 36.0 Å². The third kappa shape index (κ3) is 6.73. The lowest BCUT2D eigenvalue weighted by Gasteiger charge is -2.20. The van der Waals surface area contributed by atoms with Crippen molar-refractivity contribution in [2.45, 2.75) is 13.0 Å². The predicted molar refractivity (Wildman–Crippen MR) is 80.6 cm³/mol. The predicted octanol–water partition coefficient (Wildman–Crippen LogP) is 1.16. The smallest absolute Gasteiger partial charge is 0.325 e. The zero-order valence-electron chi connectivity index (χ0n) is 11.7. The van der Waals surface area contributed by atoms with Crippen LogP contribution < -0.4 is 10.6 Å². The number of imide groups is 1. The Labute approximate surface area is 128 Å². The minimum absolute atomic E-state index is 0. The third-order valence-electron chi connectivity index (χ3n) is 2.70. The van der Waals surface area contributed by atoms with Crippen LogP contribution in [0.15, 0.2) is 30.3 Å². The fourth-order valence-electron chi connectivity index (χ4n) is 1.40. The van der Waals surface area contributed by atoms with E-state index in [1.54, 1.807) is 30.3 Å². The van der Waals surface area contributed by atoms with Crippen LogP contribution in [0.1, 0.15) is 6.92 Å². The maximum Gasteiger partial charge on any atom is 0.325 e. The van der Waals surface area contributed by atoms with Crippen molar-refractivity contribution in [3.8, 4) is 0 Å². The Morgan fingerprint density at radius 1 is 1.24 bits per heavy atom. The van der Waals surface area contributed by atoms with E-state index in [-0.39, 0.29) is 19.0 Å². The fraction of sp³-hybridized carbons (Fsp3) is 0.308. The summed E-state index contributed by atoms with van der Waals surface area (Å²) in [6.07, 6.45) is 0. The van der Waals surface area contributed by atoms with E-state index in [0.717, 1.165) is 0 Å². The minimum Gasteiger partial charge on any atom is -0.480 e. The molecule has 3 N–H and O–H groups in total. The van der Waals surface area contributed by atoms with Gasteiger partial charge < -0.3 is 10.4 Å². The number of amides is 3. The Kier molecular flexibility index (Phi) is 8.03. The van der Waals surface area contributed by atoms with Gasteiger partial charge in [0.25, 0.3) is 0 Å². The van der Waals surface area contributed by atoms with Crippen LogP contribution in [-0.4, -0.2) is 47.5 Å². The van der Waals surface area contributed by atoms with Gasteiger partial charge in [0.15, 0.2) is 0 Å². The molecule has 0 saturated carbocycles. The number of carboxylic acid groups (broad SMARTS) is 1. The van der Waals surface area contributed by atoms with Crippen molar-refractivity contribution < 1.29 is 19.5 Å². The van der Waals surface area contributed by atoms with Crippen molar-refractivity contribution in [3.05, 3.63) is 30.3 Å². The molecule has 0 aliphatic heterocycles. The Hall–Kier alpha value is -2.12. The highest BCUT2D eigenvalue weighted by atomic mass is 35.5. The molecule has 0 aliphatic rings. The first-order chi connectivity index (χ1) is 9.40. The summed E-state index contributed by atoms with van der Waals surface area (Å²) in [6.45, 7) is 1.27. The molecule has 7 nitrogen and oxygen atoms in total. The fourth-order valence-corrected chi connectivity index (χ4v) is 1.40. The van der Waals surface area contributed by atoms with Crippen LogP contribution in [0.2, 0.25) is 0 Å². The molecule has 1 aromatic rings. The highest BCUT2D eigenvalue weighted by molar-refractivity contribution is 6.01. The van der Waals surface area contributed by atoms with Gasteiger partial charge >= 0.3 is 12.0 Å². The lowest BCUT2D eigenvalue weighted by Crippen LogP contribution is -2.45. The summed E-state index contributed by atoms with van der Waals surface area (Å²) in [6, 6.07) is 7.21. The molecule has 1 atom stereocenters. The number of halogens is 1. The van der Waals surface area contributed by atoms with Crippen molar-refractivity contribution in [3.63, 3.8) is 0 Å². The molecule has 0 radical (unpaired) electrons. The number of para-hydroxylation sites is 1. The number of carbonyl (C=O) groups excluding carboxylic acids is 2. The second kappa shape index (κ2) is 8.93. The monoisotopic (exact) mass is 315 g/mol. The molecular weight excluding hydrogens is 298 g/mol. The number of hydrogen-bond acceptors (Lipinski definition) is 4. The number of carbonyl (C=O) groups is 3. The van der Waals surface area contributed by atoms with Crippen LogP contribution in [0.4, 0.5) is 10.5 Å². The molecule has 0 fully saturated rings. The first-order valence-corrected chi connectivity index (χ1v) is 5.99. The van der Waals surface area contributed by atoms with Gasteiger partial charge in [-0.2, -0.15) is 0 Å². The number of aliphatic carboxylic acids is 1. The molecule has 0 spiro atoms. The molecule has 0 aromatic heterocycles. The van der Waals surface area contributed by atoms with E-state index >= 15 is 0 Å². The van der Waals surface area contributed by atoms with Gasteiger partial charge in [-0.25, -0.2) is 4.79 Å². The summed E-state index contributed by atoms with van der Waals surface area (Å²) in [5.74, 6) is -1.61. The van der Waals surface area contributed by atoms with Crippen molar-refractivity contribution in [2.24, 2.45) is 0 Å². The summed E-state index contributed by atoms with van der Waals surface area (Å²) in [4.78, 5) is 35.2. The number of nitrogens with one attached hydrogen (secondary N) is 2. The Morgan fingerprint density at radius 3 is 2.33 bits per heavy atom. The van der Waals surface area contributed by atoms with E-state index in [0.29, 0.717) is 5.69 Å². The molecule has 0 bridgehead atoms. The summed E-state index contributed by atoms with van der Waals surface area (Å²) in [7, 11) is 1.49. The highest BCUT2D eigenvalue weighted by Crippen LogP contribution is 2.04. The van der Waals surface area contributed by atoms with Crippen LogP contribution >= 0.6 is 12.4 Å². The zero-order valence-corrected chi connectivity index (χ0v) is 12.5. The van der Waals surface area contributed by atoms with E-state index in [1.165, 1.54) is 18.9 Å². The SMILES string of the molecule is CC(C(=O)O)N(C)CC(=O)NC(=O)Nc1ccccc1.Cl. The summed E-state index contributed by atoms with van der Waals surface area (Å²) in [5.41, 5.74) is 0.560. The van der Waals surface area contributed by atoms with Crippen LogP contribution in [0, 0.1) is 0 Å². The molecule has 116 valence electrons. The van der Waals surface area contributed by atoms with Gasteiger partial charge in [0.2, 0.25) is 5.91 Å². The minimum atomic E-state index is -1.03. The molecule has 1 rings (SSSR count). The maximum atomic E-state index is 11.6. The van der Waals surface area contributed by atoms with Crippen LogP contribution in [0.3, 0.4) is 0 Å². The van der Waals surface area contributed by atoms with Gasteiger partial charge in [0.05, 0.1) is 6.54 Å². The summed E-state index contributed by atoms with van der Waals surface area (Å²) >= 11 is 0. The van der Waals surface area contributed by atoms with Gasteiger partial charge in [0, 0.05) is 5.69 Å². The molecule has 3 amide bonds. The maximum absolute atomic E-state index is 11.6. The summed E-state index contributed by atoms with van der Waals surface area (Å²) in [5, 5.41) is 13.4. The molecular formula is C13H18ClN3O4. The van der Waals surface area contributed by atoms with Gasteiger partial charge in [-0.15, -0.1) is 12.4 Å². The number of anilines is 1. The molecule has 21 heavy (non-hydrogen) atoms. The molecule has 1 aromatic carbocycles. The Morgan fingerprint density at radius 2 is 1.81 bits per heavy atom. The second-order valence-electron chi connectivity index (χ2n) is 4.30. The Bertz CT molecular complexity index is 495. The number of hydrogen-bond donors (Lipinski definition) is 3. The number of nitrogens with zero attached hydrogens (tertiary/aromatic N) is 1. The van der Waals surface area contributed by atoms with Crippen LogP contribution in [0.25, 0.3) is 0 Å². The topological polar surface area (TPSA) is 98.7 Å². The van der Waals surface area contributed by atoms with Gasteiger partial charge in [-0.1, -0.05) is 18.2 Å². The van der Waals surface area contributed by atoms with Crippen molar-refractivity contribution in [1.29, 1.82) is 0 Å².